The van der Waals surface area contributed by atoms with Gasteiger partial charge in [-0.15, -0.1) is 0 Å². The Hall–Kier alpha value is -2.92. The fourth-order valence-corrected chi connectivity index (χ4v) is 3.55. The number of amides is 1. The first-order valence-corrected chi connectivity index (χ1v) is 8.74. The molecule has 3 aromatic rings. The second-order valence-corrected chi connectivity index (χ2v) is 6.67. The molecule has 0 fully saturated rings. The molecule has 0 saturated heterocycles. The van der Waals surface area contributed by atoms with Gasteiger partial charge in [-0.3, -0.25) is 4.79 Å². The second kappa shape index (κ2) is 6.77. The summed E-state index contributed by atoms with van der Waals surface area (Å²) in [7, 11) is 0. The molecule has 5 heteroatoms. The van der Waals surface area contributed by atoms with Crippen LogP contribution in [-0.4, -0.2) is 22.5 Å². The molecule has 0 radical (unpaired) electrons. The molecule has 1 aromatic heterocycles. The highest BCUT2D eigenvalue weighted by atomic mass is 16.3. The zero-order valence-electron chi connectivity index (χ0n) is 14.3. The Morgan fingerprint density at radius 2 is 2.00 bits per heavy atom. The number of rotatable bonds is 4. The summed E-state index contributed by atoms with van der Waals surface area (Å²) < 4.78 is 5.25. The summed E-state index contributed by atoms with van der Waals surface area (Å²) in [6, 6.07) is 15.0. The van der Waals surface area contributed by atoms with E-state index in [1.165, 1.54) is 6.39 Å². The average molecular weight is 348 g/mol. The van der Waals surface area contributed by atoms with Crippen molar-refractivity contribution in [3.05, 3.63) is 77.8 Å². The van der Waals surface area contributed by atoms with Crippen LogP contribution in [-0.2, 0) is 12.0 Å². The molecule has 26 heavy (non-hydrogen) atoms. The molecule has 4 rings (SSSR count). The molecule has 0 spiro atoms. The third kappa shape index (κ3) is 3.13. The van der Waals surface area contributed by atoms with Crippen LogP contribution in [0.25, 0.3) is 11.3 Å². The Balaban J connectivity index is 1.46. The normalized spacial score (nSPS) is 19.0. The minimum atomic E-state index is -1.01. The molecule has 2 N–H and O–H groups in total. The van der Waals surface area contributed by atoms with Crippen LogP contribution in [0.1, 0.15) is 34.3 Å². The average Bonchev–Trinajstić information content (AvgIpc) is 3.22. The van der Waals surface area contributed by atoms with Gasteiger partial charge in [-0.25, -0.2) is 4.98 Å². The zero-order chi connectivity index (χ0) is 18.0. The third-order valence-corrected chi connectivity index (χ3v) is 4.96. The number of aryl methyl sites for hydroxylation is 1. The van der Waals surface area contributed by atoms with Gasteiger partial charge in [0, 0.05) is 11.1 Å². The van der Waals surface area contributed by atoms with Gasteiger partial charge in [0.25, 0.3) is 5.91 Å². The van der Waals surface area contributed by atoms with Crippen molar-refractivity contribution < 1.29 is 14.3 Å². The van der Waals surface area contributed by atoms with Gasteiger partial charge in [0.1, 0.15) is 5.60 Å². The van der Waals surface area contributed by atoms with Crippen LogP contribution in [0.3, 0.4) is 0 Å². The van der Waals surface area contributed by atoms with Gasteiger partial charge in [-0.1, -0.05) is 36.4 Å². The van der Waals surface area contributed by atoms with Gasteiger partial charge < -0.3 is 14.8 Å². The van der Waals surface area contributed by atoms with Crippen molar-refractivity contribution in [2.24, 2.45) is 0 Å². The van der Waals surface area contributed by atoms with E-state index in [1.807, 2.05) is 36.4 Å². The van der Waals surface area contributed by atoms with Crippen LogP contribution in [0.2, 0.25) is 0 Å². The molecular formula is C21H20N2O3. The Morgan fingerprint density at radius 3 is 2.77 bits per heavy atom. The lowest BCUT2D eigenvalue weighted by Crippen LogP contribution is -2.43. The summed E-state index contributed by atoms with van der Waals surface area (Å²) in [6.07, 6.45) is 5.53. The molecule has 5 nitrogen and oxygen atoms in total. The van der Waals surface area contributed by atoms with E-state index in [4.69, 9.17) is 4.42 Å². The smallest absolute Gasteiger partial charge is 0.251 e. The Labute approximate surface area is 151 Å². The van der Waals surface area contributed by atoms with Crippen LogP contribution in [0.15, 0.2) is 65.5 Å². The molecule has 0 bridgehead atoms. The summed E-state index contributed by atoms with van der Waals surface area (Å²) in [6.45, 7) is 0.201. The van der Waals surface area contributed by atoms with Gasteiger partial charge in [0.05, 0.1) is 12.7 Å². The van der Waals surface area contributed by atoms with E-state index >= 15 is 0 Å². The Kier molecular flexibility index (Phi) is 4.31. The van der Waals surface area contributed by atoms with Gasteiger partial charge in [0.2, 0.25) is 0 Å². The molecule has 0 saturated carbocycles. The van der Waals surface area contributed by atoms with E-state index < -0.39 is 5.60 Å². The molecule has 1 aliphatic rings. The van der Waals surface area contributed by atoms with E-state index in [0.29, 0.717) is 17.7 Å². The quantitative estimate of drug-likeness (QED) is 0.759. The molecular weight excluding hydrogens is 328 g/mol. The number of aliphatic hydroxyl groups is 1. The number of hydrogen-bond acceptors (Lipinski definition) is 4. The number of aromatic nitrogens is 1. The minimum absolute atomic E-state index is 0.201. The first-order valence-electron chi connectivity index (χ1n) is 8.74. The largest absolute Gasteiger partial charge is 0.444 e. The van der Waals surface area contributed by atoms with Gasteiger partial charge in [-0.05, 0) is 42.5 Å². The van der Waals surface area contributed by atoms with Crippen LogP contribution in [0.5, 0.6) is 0 Å². The van der Waals surface area contributed by atoms with Crippen molar-refractivity contribution in [1.29, 1.82) is 0 Å². The predicted molar refractivity (Wildman–Crippen MR) is 97.5 cm³/mol. The number of fused-ring (bicyclic) bond motifs is 1. The standard InChI is InChI=1S/C21H20N2O3/c24-20(17-9-7-16(8-10-17)19-12-22-14-26-19)23-13-21(25)11-3-5-15-4-1-2-6-18(15)21/h1-2,4,6-10,12,14,25H,3,5,11,13H2,(H,23,24)/t21-/m0/s1. The Bertz CT molecular complexity index is 903. The maximum absolute atomic E-state index is 12.5. The maximum atomic E-state index is 12.5. The van der Waals surface area contributed by atoms with Crippen LogP contribution in [0.4, 0.5) is 0 Å². The fraction of sp³-hybridized carbons (Fsp3) is 0.238. The van der Waals surface area contributed by atoms with Gasteiger partial charge in [0.15, 0.2) is 12.2 Å². The molecule has 1 heterocycles. The lowest BCUT2D eigenvalue weighted by molar-refractivity contribution is 0.0189. The zero-order valence-corrected chi connectivity index (χ0v) is 14.3. The number of carbonyl (C=O) groups excluding carboxylic acids is 1. The topological polar surface area (TPSA) is 75.4 Å². The number of benzene rings is 2. The highest BCUT2D eigenvalue weighted by Crippen LogP contribution is 2.34. The third-order valence-electron chi connectivity index (χ3n) is 4.96. The van der Waals surface area contributed by atoms with E-state index in [2.05, 4.69) is 10.3 Å². The summed E-state index contributed by atoms with van der Waals surface area (Å²) in [5.41, 5.74) is 2.48. The van der Waals surface area contributed by atoms with Crippen molar-refractivity contribution >= 4 is 5.91 Å². The van der Waals surface area contributed by atoms with Crippen LogP contribution in [0, 0.1) is 0 Å². The number of carbonyl (C=O) groups is 1. The van der Waals surface area contributed by atoms with Crippen molar-refractivity contribution in [1.82, 2.24) is 10.3 Å². The second-order valence-electron chi connectivity index (χ2n) is 6.67. The maximum Gasteiger partial charge on any atom is 0.251 e. The first-order chi connectivity index (χ1) is 12.7. The highest BCUT2D eigenvalue weighted by Gasteiger charge is 2.34. The predicted octanol–water partition coefficient (Wildman–Crippen LogP) is 3.30. The summed E-state index contributed by atoms with van der Waals surface area (Å²) in [4.78, 5) is 16.4. The SMILES string of the molecule is O=C(NC[C@@]1(O)CCCc2ccccc21)c1ccc(-c2cnco2)cc1. The summed E-state index contributed by atoms with van der Waals surface area (Å²) in [5.74, 6) is 0.454. The monoisotopic (exact) mass is 348 g/mol. The van der Waals surface area contributed by atoms with Crippen molar-refractivity contribution in [3.8, 4) is 11.3 Å². The summed E-state index contributed by atoms with van der Waals surface area (Å²) >= 11 is 0. The lowest BCUT2D eigenvalue weighted by Gasteiger charge is -2.34. The number of oxazole rings is 1. The number of nitrogens with zero attached hydrogens (tertiary/aromatic N) is 1. The molecule has 0 aliphatic heterocycles. The van der Waals surface area contributed by atoms with E-state index in [-0.39, 0.29) is 12.5 Å². The minimum Gasteiger partial charge on any atom is -0.444 e. The van der Waals surface area contributed by atoms with E-state index in [9.17, 15) is 9.90 Å². The van der Waals surface area contributed by atoms with Crippen LogP contribution >= 0.6 is 0 Å². The molecule has 1 atom stereocenters. The van der Waals surface area contributed by atoms with Gasteiger partial charge in [-0.2, -0.15) is 0 Å². The van der Waals surface area contributed by atoms with Gasteiger partial charge >= 0.3 is 0 Å². The molecule has 1 amide bonds. The summed E-state index contributed by atoms with van der Waals surface area (Å²) in [5, 5.41) is 13.9. The fourth-order valence-electron chi connectivity index (χ4n) is 3.55. The highest BCUT2D eigenvalue weighted by molar-refractivity contribution is 5.94. The number of nitrogens with one attached hydrogen (secondary N) is 1. The first kappa shape index (κ1) is 16.5. The molecule has 1 aliphatic carbocycles. The van der Waals surface area contributed by atoms with Crippen molar-refractivity contribution in [2.75, 3.05) is 6.54 Å². The number of hydrogen-bond donors (Lipinski definition) is 2. The molecule has 0 unspecified atom stereocenters. The van der Waals surface area contributed by atoms with Crippen molar-refractivity contribution in [3.63, 3.8) is 0 Å². The van der Waals surface area contributed by atoms with Crippen LogP contribution < -0.4 is 5.32 Å². The molecule has 132 valence electrons. The lowest BCUT2D eigenvalue weighted by atomic mass is 9.79. The Morgan fingerprint density at radius 1 is 1.19 bits per heavy atom. The molecule has 2 aromatic carbocycles. The van der Waals surface area contributed by atoms with E-state index in [1.54, 1.807) is 18.3 Å². The van der Waals surface area contributed by atoms with Crippen molar-refractivity contribution in [2.45, 2.75) is 24.9 Å². The van der Waals surface area contributed by atoms with E-state index in [0.717, 1.165) is 29.5 Å².